The van der Waals surface area contributed by atoms with Gasteiger partial charge in [-0.1, -0.05) is 18.5 Å². The van der Waals surface area contributed by atoms with Crippen molar-refractivity contribution in [3.05, 3.63) is 27.8 Å². The molecular weight excluding hydrogens is 455 g/mol. The first-order valence-corrected chi connectivity index (χ1v) is 11.9. The largest absolute Gasteiger partial charge is 0.394 e. The van der Waals surface area contributed by atoms with E-state index >= 15 is 0 Å². The number of piperazine rings is 1. The van der Waals surface area contributed by atoms with Crippen molar-refractivity contribution in [3.8, 4) is 0 Å². The molecule has 3 saturated carbocycles. The minimum Gasteiger partial charge on any atom is -0.349 e. The molecule has 0 N–H and O–H groups in total. The number of anilines is 1. The number of hydrogen-bond acceptors (Lipinski definition) is 5. The van der Waals surface area contributed by atoms with E-state index in [4.69, 9.17) is 11.6 Å². The maximum Gasteiger partial charge on any atom is 0.394 e. The Bertz CT molecular complexity index is 1150. The third-order valence-corrected chi connectivity index (χ3v) is 8.58. The summed E-state index contributed by atoms with van der Waals surface area (Å²) in [6, 6.07) is 3.67. The highest BCUT2D eigenvalue weighted by molar-refractivity contribution is 6.29. The highest BCUT2D eigenvalue weighted by atomic mass is 35.5. The fourth-order valence-corrected chi connectivity index (χ4v) is 6.96. The molecule has 3 aliphatic carbocycles. The van der Waals surface area contributed by atoms with Gasteiger partial charge in [-0.2, -0.15) is 18.2 Å². The predicted molar refractivity (Wildman–Crippen MR) is 122 cm³/mol. The van der Waals surface area contributed by atoms with Gasteiger partial charge in [0.05, 0.1) is 10.9 Å². The molecule has 6 rings (SSSR count). The van der Waals surface area contributed by atoms with Gasteiger partial charge in [-0.05, 0) is 57.1 Å². The van der Waals surface area contributed by atoms with Crippen LogP contribution in [0.4, 0.5) is 19.0 Å². The van der Waals surface area contributed by atoms with Crippen LogP contribution in [0.15, 0.2) is 16.9 Å². The lowest BCUT2D eigenvalue weighted by Gasteiger charge is -2.74. The zero-order valence-corrected chi connectivity index (χ0v) is 20.0. The van der Waals surface area contributed by atoms with Crippen LogP contribution in [-0.4, -0.2) is 56.8 Å². The molecule has 10 heteroatoms. The van der Waals surface area contributed by atoms with Crippen LogP contribution < -0.4 is 10.6 Å². The molecule has 6 nitrogen and oxygen atoms in total. The number of nitrogens with zero attached hydrogens (tertiary/aromatic N) is 5. The molecule has 0 radical (unpaired) electrons. The van der Waals surface area contributed by atoms with Gasteiger partial charge in [0.25, 0.3) is 0 Å². The number of rotatable bonds is 4. The maximum atomic E-state index is 13.4. The summed E-state index contributed by atoms with van der Waals surface area (Å²) in [7, 11) is 1.66. The third kappa shape index (κ3) is 3.21. The zero-order valence-electron chi connectivity index (χ0n) is 19.3. The molecule has 1 saturated heterocycles. The summed E-state index contributed by atoms with van der Waals surface area (Å²) in [5.41, 5.74) is -0.773. The van der Waals surface area contributed by atoms with Crippen molar-refractivity contribution in [1.29, 1.82) is 0 Å². The molecule has 2 aromatic rings. The fourth-order valence-electron chi connectivity index (χ4n) is 6.81. The molecular formula is C23H29ClF3N5O. The number of aromatic nitrogens is 3. The van der Waals surface area contributed by atoms with Crippen LogP contribution >= 0.6 is 11.6 Å². The van der Waals surface area contributed by atoms with E-state index in [1.165, 1.54) is 4.57 Å². The van der Waals surface area contributed by atoms with E-state index < -0.39 is 11.6 Å². The monoisotopic (exact) mass is 483 g/mol. The normalized spacial score (nSPS) is 33.0. The molecule has 1 aliphatic heterocycles. The van der Waals surface area contributed by atoms with Gasteiger partial charge >= 0.3 is 11.9 Å². The van der Waals surface area contributed by atoms with Crippen LogP contribution in [0.3, 0.4) is 0 Å². The Morgan fingerprint density at radius 2 is 1.82 bits per heavy atom. The highest BCUT2D eigenvalue weighted by Gasteiger charge is 2.80. The van der Waals surface area contributed by atoms with Gasteiger partial charge < -0.3 is 4.90 Å². The van der Waals surface area contributed by atoms with E-state index in [1.807, 2.05) is 0 Å². The standard InChI is InChI=1S/C23H29ClF3N5O/c1-5-16(21-10-22(11-21,12-21)23(25,26)27)31-8-14(3)32(9-13(31)2)19-18-15(6-7-17(24)28-18)30(4)20(33)29-19/h6-7,13-14,16H,5,8-12H2,1-4H3/t13-,14+,16?,21?,22?/m1/s1. The van der Waals surface area contributed by atoms with Crippen molar-refractivity contribution in [2.45, 2.75) is 70.8 Å². The Hall–Kier alpha value is -1.87. The molecule has 33 heavy (non-hydrogen) atoms. The second-order valence-corrected chi connectivity index (χ2v) is 10.8. The molecule has 1 unspecified atom stereocenters. The molecule has 0 spiro atoms. The van der Waals surface area contributed by atoms with Crippen LogP contribution in [0.2, 0.25) is 5.15 Å². The molecule has 0 amide bonds. The van der Waals surface area contributed by atoms with Crippen molar-refractivity contribution in [3.63, 3.8) is 0 Å². The van der Waals surface area contributed by atoms with Gasteiger partial charge in [-0.15, -0.1) is 0 Å². The number of hydrogen-bond donors (Lipinski definition) is 0. The topological polar surface area (TPSA) is 54.3 Å². The summed E-state index contributed by atoms with van der Waals surface area (Å²) in [5.74, 6) is 0.518. The van der Waals surface area contributed by atoms with Crippen LogP contribution in [0.1, 0.15) is 46.5 Å². The van der Waals surface area contributed by atoms with Crippen LogP contribution in [-0.2, 0) is 7.05 Å². The van der Waals surface area contributed by atoms with E-state index in [-0.39, 0.29) is 48.5 Å². The summed E-state index contributed by atoms with van der Waals surface area (Å²) in [6.45, 7) is 7.56. The molecule has 4 fully saturated rings. The summed E-state index contributed by atoms with van der Waals surface area (Å²) in [6.07, 6.45) is -2.49. The van der Waals surface area contributed by atoms with E-state index in [2.05, 4.69) is 40.5 Å². The van der Waals surface area contributed by atoms with Gasteiger partial charge in [-0.25, -0.2) is 9.78 Å². The smallest absolute Gasteiger partial charge is 0.349 e. The molecule has 180 valence electrons. The molecule has 3 atom stereocenters. The number of alkyl halides is 3. The Labute approximate surface area is 195 Å². The molecule has 2 bridgehead atoms. The lowest BCUT2D eigenvalue weighted by molar-refractivity contribution is -0.376. The molecule has 3 heterocycles. The summed E-state index contributed by atoms with van der Waals surface area (Å²) in [5, 5.41) is 0.330. The quantitative estimate of drug-likeness (QED) is 0.604. The van der Waals surface area contributed by atoms with Gasteiger partial charge in [0.15, 0.2) is 5.82 Å². The first-order chi connectivity index (χ1) is 15.4. The van der Waals surface area contributed by atoms with Gasteiger partial charge in [0, 0.05) is 38.3 Å². The Morgan fingerprint density at radius 1 is 1.15 bits per heavy atom. The highest BCUT2D eigenvalue weighted by Crippen LogP contribution is 2.80. The first kappa shape index (κ1) is 22.9. The fraction of sp³-hybridized carbons (Fsp3) is 0.696. The minimum atomic E-state index is -4.09. The van der Waals surface area contributed by atoms with E-state index in [9.17, 15) is 18.0 Å². The number of halogens is 4. The van der Waals surface area contributed by atoms with Crippen molar-refractivity contribution >= 4 is 28.5 Å². The lowest BCUT2D eigenvalue weighted by Crippen LogP contribution is -2.76. The summed E-state index contributed by atoms with van der Waals surface area (Å²) in [4.78, 5) is 25.8. The molecule has 4 aliphatic rings. The first-order valence-electron chi connectivity index (χ1n) is 11.5. The van der Waals surface area contributed by atoms with Gasteiger partial charge in [0.2, 0.25) is 0 Å². The van der Waals surface area contributed by atoms with Gasteiger partial charge in [0.1, 0.15) is 10.7 Å². The molecule has 0 aromatic carbocycles. The van der Waals surface area contributed by atoms with Crippen LogP contribution in [0.25, 0.3) is 11.0 Å². The Balaban J connectivity index is 1.42. The summed E-state index contributed by atoms with van der Waals surface area (Å²) < 4.78 is 41.7. The number of fused-ring (bicyclic) bond motifs is 1. The number of aryl methyl sites for hydroxylation is 1. The zero-order chi connectivity index (χ0) is 23.9. The van der Waals surface area contributed by atoms with E-state index in [1.54, 1.807) is 19.2 Å². The lowest BCUT2D eigenvalue weighted by atomic mass is 9.32. The Morgan fingerprint density at radius 3 is 2.42 bits per heavy atom. The summed E-state index contributed by atoms with van der Waals surface area (Å²) >= 11 is 6.16. The Kier molecular flexibility index (Phi) is 5.07. The predicted octanol–water partition coefficient (Wildman–Crippen LogP) is 4.39. The van der Waals surface area contributed by atoms with Crippen molar-refractivity contribution in [1.82, 2.24) is 19.4 Å². The number of pyridine rings is 1. The van der Waals surface area contributed by atoms with Crippen LogP contribution in [0, 0.1) is 10.8 Å². The average molecular weight is 484 g/mol. The second-order valence-electron chi connectivity index (χ2n) is 10.4. The third-order valence-electron chi connectivity index (χ3n) is 8.37. The van der Waals surface area contributed by atoms with Crippen LogP contribution in [0.5, 0.6) is 0 Å². The average Bonchev–Trinajstić information content (AvgIpc) is 2.67. The second kappa shape index (κ2) is 7.31. The maximum absolute atomic E-state index is 13.4. The SMILES string of the molecule is CCC(N1C[C@H](C)N(c2nc(=O)n(C)c3ccc(Cl)nc23)C[C@H]1C)C12CC(C(F)(F)F)(C1)C2. The molecule has 2 aromatic heterocycles. The van der Waals surface area contributed by atoms with Crippen molar-refractivity contribution < 1.29 is 13.2 Å². The van der Waals surface area contributed by atoms with Gasteiger partial charge in [-0.3, -0.25) is 9.47 Å². The van der Waals surface area contributed by atoms with Crippen molar-refractivity contribution in [2.75, 3.05) is 18.0 Å². The minimum absolute atomic E-state index is 0.0164. The van der Waals surface area contributed by atoms with Crippen molar-refractivity contribution in [2.24, 2.45) is 17.9 Å². The van der Waals surface area contributed by atoms with E-state index in [0.29, 0.717) is 35.1 Å². The van der Waals surface area contributed by atoms with E-state index in [0.717, 1.165) is 6.42 Å².